The van der Waals surface area contributed by atoms with E-state index < -0.39 is 6.10 Å². The molecule has 1 amide bonds. The Labute approximate surface area is 131 Å². The normalized spacial score (nSPS) is 27.9. The molecule has 1 aromatic carbocycles. The second-order valence-corrected chi connectivity index (χ2v) is 6.34. The number of amides is 1. The summed E-state index contributed by atoms with van der Waals surface area (Å²) in [7, 11) is 0. The van der Waals surface area contributed by atoms with E-state index in [0.29, 0.717) is 12.5 Å². The molecular formula is C18H24N2O2. The third kappa shape index (κ3) is 3.49. The Balaban J connectivity index is 1.49. The first-order valence-electron chi connectivity index (χ1n) is 8.34. The summed E-state index contributed by atoms with van der Waals surface area (Å²) >= 11 is 0. The van der Waals surface area contributed by atoms with Crippen molar-refractivity contribution in [2.24, 2.45) is 11.1 Å². The zero-order valence-electron chi connectivity index (χ0n) is 13.1. The number of rotatable bonds is 4. The minimum atomic E-state index is -0.473. The molecule has 118 valence electrons. The molecule has 0 radical (unpaired) electrons. The highest BCUT2D eigenvalue weighted by Crippen LogP contribution is 2.27. The van der Waals surface area contributed by atoms with Crippen LogP contribution < -0.4 is 5.32 Å². The van der Waals surface area contributed by atoms with E-state index in [1.54, 1.807) is 0 Å². The molecule has 0 bridgehead atoms. The molecule has 1 aliphatic carbocycles. The maximum Gasteiger partial charge on any atom is 0.264 e. The van der Waals surface area contributed by atoms with Gasteiger partial charge in [0.05, 0.1) is 5.71 Å². The van der Waals surface area contributed by atoms with Gasteiger partial charge in [-0.2, -0.15) is 0 Å². The molecule has 1 heterocycles. The Morgan fingerprint density at radius 1 is 1.23 bits per heavy atom. The molecule has 2 aliphatic rings. The largest absolute Gasteiger partial charge is 0.382 e. The van der Waals surface area contributed by atoms with Gasteiger partial charge in [-0.25, -0.2) is 0 Å². The molecule has 4 nitrogen and oxygen atoms in total. The second-order valence-electron chi connectivity index (χ2n) is 6.34. The third-order valence-electron chi connectivity index (χ3n) is 4.84. The number of carbonyl (C=O) groups is 1. The van der Waals surface area contributed by atoms with E-state index in [1.165, 1.54) is 19.3 Å². The molecule has 1 unspecified atom stereocenters. The molecule has 0 spiro atoms. The maximum atomic E-state index is 12.3. The fourth-order valence-corrected chi connectivity index (χ4v) is 3.33. The van der Waals surface area contributed by atoms with Crippen molar-refractivity contribution in [1.29, 1.82) is 0 Å². The zero-order valence-corrected chi connectivity index (χ0v) is 13.1. The lowest BCUT2D eigenvalue weighted by Gasteiger charge is -2.28. The Bertz CT molecular complexity index is 533. The van der Waals surface area contributed by atoms with Gasteiger partial charge in [-0.1, -0.05) is 48.8 Å². The van der Waals surface area contributed by atoms with Gasteiger partial charge >= 0.3 is 0 Å². The molecule has 0 saturated heterocycles. The Morgan fingerprint density at radius 2 is 1.95 bits per heavy atom. The summed E-state index contributed by atoms with van der Waals surface area (Å²) < 4.78 is 0. The van der Waals surface area contributed by atoms with E-state index in [9.17, 15) is 4.79 Å². The number of oxime groups is 1. The molecule has 22 heavy (non-hydrogen) atoms. The van der Waals surface area contributed by atoms with Crippen LogP contribution in [0.5, 0.6) is 0 Å². The van der Waals surface area contributed by atoms with Gasteiger partial charge < -0.3 is 10.2 Å². The van der Waals surface area contributed by atoms with E-state index in [-0.39, 0.29) is 5.91 Å². The van der Waals surface area contributed by atoms with Crippen LogP contribution in [0.4, 0.5) is 0 Å². The Kier molecular flexibility index (Phi) is 4.76. The minimum absolute atomic E-state index is 0.0189. The highest BCUT2D eigenvalue weighted by Gasteiger charge is 2.31. The number of nitrogens with zero attached hydrogens (tertiary/aromatic N) is 1. The van der Waals surface area contributed by atoms with Crippen molar-refractivity contribution in [2.45, 2.75) is 57.6 Å². The SMILES string of the molecule is CCC1CCC(NC(=O)C2CC(c3ccccc3)=NO2)CC1. The highest BCUT2D eigenvalue weighted by atomic mass is 16.6. The fraction of sp³-hybridized carbons (Fsp3) is 0.556. The predicted octanol–water partition coefficient (Wildman–Crippen LogP) is 3.26. The molecular weight excluding hydrogens is 276 g/mol. The second kappa shape index (κ2) is 6.95. The molecule has 3 rings (SSSR count). The maximum absolute atomic E-state index is 12.3. The highest BCUT2D eigenvalue weighted by molar-refractivity contribution is 6.04. The topological polar surface area (TPSA) is 50.7 Å². The summed E-state index contributed by atoms with van der Waals surface area (Å²) in [5, 5.41) is 7.22. The lowest BCUT2D eigenvalue weighted by Crippen LogP contribution is -2.43. The monoisotopic (exact) mass is 300 g/mol. The number of carbonyl (C=O) groups excluding carboxylic acids is 1. The van der Waals surface area contributed by atoms with E-state index in [0.717, 1.165) is 30.0 Å². The van der Waals surface area contributed by atoms with Gasteiger partial charge in [0.25, 0.3) is 5.91 Å². The van der Waals surface area contributed by atoms with Crippen LogP contribution in [0.1, 0.15) is 51.0 Å². The summed E-state index contributed by atoms with van der Waals surface area (Å²) in [5.41, 5.74) is 1.89. The van der Waals surface area contributed by atoms with Crippen LogP contribution in [0.15, 0.2) is 35.5 Å². The van der Waals surface area contributed by atoms with E-state index in [1.807, 2.05) is 30.3 Å². The van der Waals surface area contributed by atoms with Crippen molar-refractivity contribution < 1.29 is 9.63 Å². The van der Waals surface area contributed by atoms with Gasteiger partial charge in [-0.3, -0.25) is 4.79 Å². The van der Waals surface area contributed by atoms with Crippen LogP contribution in [-0.2, 0) is 9.63 Å². The average molecular weight is 300 g/mol. The van der Waals surface area contributed by atoms with Crippen LogP contribution in [0.2, 0.25) is 0 Å². The first-order chi connectivity index (χ1) is 10.8. The molecule has 0 aromatic heterocycles. The van der Waals surface area contributed by atoms with Crippen molar-refractivity contribution in [2.75, 3.05) is 0 Å². The van der Waals surface area contributed by atoms with Crippen molar-refractivity contribution in [3.63, 3.8) is 0 Å². The fourth-order valence-electron chi connectivity index (χ4n) is 3.33. The quantitative estimate of drug-likeness (QED) is 0.928. The first kappa shape index (κ1) is 15.1. The van der Waals surface area contributed by atoms with Gasteiger partial charge in [0.15, 0.2) is 0 Å². The predicted molar refractivity (Wildman–Crippen MR) is 86.6 cm³/mol. The molecule has 4 heteroatoms. The van der Waals surface area contributed by atoms with Crippen LogP contribution in [0.25, 0.3) is 0 Å². The number of hydrogen-bond donors (Lipinski definition) is 1. The lowest BCUT2D eigenvalue weighted by molar-refractivity contribution is -0.132. The number of hydrogen-bond acceptors (Lipinski definition) is 3. The number of nitrogens with one attached hydrogen (secondary N) is 1. The zero-order chi connectivity index (χ0) is 15.4. The summed E-state index contributed by atoms with van der Waals surface area (Å²) in [6, 6.07) is 10.2. The summed E-state index contributed by atoms with van der Waals surface area (Å²) in [4.78, 5) is 17.7. The van der Waals surface area contributed by atoms with E-state index in [2.05, 4.69) is 17.4 Å². The molecule has 1 aliphatic heterocycles. The molecule has 1 N–H and O–H groups in total. The van der Waals surface area contributed by atoms with Gasteiger partial charge in [0, 0.05) is 12.5 Å². The van der Waals surface area contributed by atoms with Gasteiger partial charge in [-0.05, 0) is 37.2 Å². The van der Waals surface area contributed by atoms with Crippen LogP contribution in [0, 0.1) is 5.92 Å². The van der Waals surface area contributed by atoms with Crippen LogP contribution in [0.3, 0.4) is 0 Å². The third-order valence-corrected chi connectivity index (χ3v) is 4.84. The van der Waals surface area contributed by atoms with Crippen molar-refractivity contribution in [1.82, 2.24) is 5.32 Å². The molecule has 1 atom stereocenters. The van der Waals surface area contributed by atoms with E-state index >= 15 is 0 Å². The van der Waals surface area contributed by atoms with Crippen molar-refractivity contribution >= 4 is 11.6 Å². The Hall–Kier alpha value is -1.84. The summed E-state index contributed by atoms with van der Waals surface area (Å²) in [5.74, 6) is 0.818. The van der Waals surface area contributed by atoms with E-state index in [4.69, 9.17) is 4.84 Å². The number of benzene rings is 1. The average Bonchev–Trinajstić information content (AvgIpc) is 3.06. The van der Waals surface area contributed by atoms with Gasteiger partial charge in [-0.15, -0.1) is 0 Å². The van der Waals surface area contributed by atoms with Crippen LogP contribution >= 0.6 is 0 Å². The Morgan fingerprint density at radius 3 is 2.64 bits per heavy atom. The minimum Gasteiger partial charge on any atom is -0.382 e. The molecule has 1 fully saturated rings. The van der Waals surface area contributed by atoms with Crippen molar-refractivity contribution in [3.8, 4) is 0 Å². The van der Waals surface area contributed by atoms with Crippen LogP contribution in [-0.4, -0.2) is 23.8 Å². The molecule has 1 saturated carbocycles. The summed E-state index contributed by atoms with van der Waals surface area (Å²) in [6.07, 6.45) is 5.95. The smallest absolute Gasteiger partial charge is 0.264 e. The first-order valence-corrected chi connectivity index (χ1v) is 8.34. The van der Waals surface area contributed by atoms with Crippen molar-refractivity contribution in [3.05, 3.63) is 35.9 Å². The lowest BCUT2D eigenvalue weighted by atomic mass is 9.84. The van der Waals surface area contributed by atoms with Gasteiger partial charge in [0.2, 0.25) is 6.10 Å². The summed E-state index contributed by atoms with van der Waals surface area (Å²) in [6.45, 7) is 2.25. The van der Waals surface area contributed by atoms with Gasteiger partial charge in [0.1, 0.15) is 0 Å². The standard InChI is InChI=1S/C18H24N2O2/c1-2-13-8-10-15(11-9-13)19-18(21)17-12-16(20-22-17)14-6-4-3-5-7-14/h3-7,13,15,17H,2,8-12H2,1H3,(H,19,21). The molecule has 1 aromatic rings.